The van der Waals surface area contributed by atoms with Gasteiger partial charge in [-0.25, -0.2) is 8.42 Å². The summed E-state index contributed by atoms with van der Waals surface area (Å²) in [6.07, 6.45) is 4.64. The molecule has 0 aromatic heterocycles. The van der Waals surface area contributed by atoms with Crippen molar-refractivity contribution in [2.45, 2.75) is 49.1 Å². The van der Waals surface area contributed by atoms with Crippen LogP contribution in [0.4, 0.5) is 0 Å². The Kier molecular flexibility index (Phi) is 4.33. The zero-order valence-electron chi connectivity index (χ0n) is 12.2. The second-order valence-electron chi connectivity index (χ2n) is 6.22. The van der Waals surface area contributed by atoms with Gasteiger partial charge < -0.3 is 10.4 Å². The molecule has 3 unspecified atom stereocenters. The quantitative estimate of drug-likeness (QED) is 0.897. The SMILES string of the molecule is O=S1(=O)CCC(NCC2CCCCC2O)c2ccccc21. The van der Waals surface area contributed by atoms with Crippen molar-refractivity contribution in [3.63, 3.8) is 0 Å². The van der Waals surface area contributed by atoms with E-state index in [4.69, 9.17) is 0 Å². The molecule has 4 nitrogen and oxygen atoms in total. The van der Waals surface area contributed by atoms with E-state index < -0.39 is 9.84 Å². The maximum absolute atomic E-state index is 12.1. The summed E-state index contributed by atoms with van der Waals surface area (Å²) in [4.78, 5) is 0.470. The van der Waals surface area contributed by atoms with E-state index in [1.165, 1.54) is 6.42 Å². The topological polar surface area (TPSA) is 66.4 Å². The Bertz CT molecular complexity index is 599. The monoisotopic (exact) mass is 309 g/mol. The second kappa shape index (κ2) is 6.07. The minimum absolute atomic E-state index is 0.0823. The van der Waals surface area contributed by atoms with E-state index in [9.17, 15) is 13.5 Å². The van der Waals surface area contributed by atoms with Gasteiger partial charge in [0.1, 0.15) is 0 Å². The average Bonchev–Trinajstić information content (AvgIpc) is 2.48. The van der Waals surface area contributed by atoms with Gasteiger partial charge in [0.25, 0.3) is 0 Å². The van der Waals surface area contributed by atoms with E-state index in [2.05, 4.69) is 5.32 Å². The number of rotatable bonds is 3. The normalized spacial score (nSPS) is 31.6. The highest BCUT2D eigenvalue weighted by Gasteiger charge is 2.31. The van der Waals surface area contributed by atoms with Crippen LogP contribution in [0, 0.1) is 5.92 Å². The molecule has 3 rings (SSSR count). The van der Waals surface area contributed by atoms with Gasteiger partial charge in [0.15, 0.2) is 9.84 Å². The summed E-state index contributed by atoms with van der Waals surface area (Å²) in [5.74, 6) is 0.499. The Hall–Kier alpha value is -0.910. The Balaban J connectivity index is 1.72. The van der Waals surface area contributed by atoms with Gasteiger partial charge in [0, 0.05) is 12.6 Å². The zero-order chi connectivity index (χ0) is 14.9. The number of sulfone groups is 1. The summed E-state index contributed by atoms with van der Waals surface area (Å²) in [7, 11) is -3.12. The smallest absolute Gasteiger partial charge is 0.178 e. The van der Waals surface area contributed by atoms with E-state index in [1.807, 2.05) is 12.1 Å². The lowest BCUT2D eigenvalue weighted by atomic mass is 9.86. The molecule has 5 heteroatoms. The van der Waals surface area contributed by atoms with Crippen molar-refractivity contribution in [2.24, 2.45) is 5.92 Å². The number of hydrogen-bond acceptors (Lipinski definition) is 4. The van der Waals surface area contributed by atoms with Gasteiger partial charge in [-0.05, 0) is 36.8 Å². The van der Waals surface area contributed by atoms with Gasteiger partial charge in [-0.2, -0.15) is 0 Å². The lowest BCUT2D eigenvalue weighted by molar-refractivity contribution is 0.0679. The minimum Gasteiger partial charge on any atom is -0.393 e. The first-order chi connectivity index (χ1) is 10.1. The molecule has 1 saturated carbocycles. The van der Waals surface area contributed by atoms with Crippen molar-refractivity contribution in [1.82, 2.24) is 5.32 Å². The van der Waals surface area contributed by atoms with Crippen molar-refractivity contribution in [3.8, 4) is 0 Å². The van der Waals surface area contributed by atoms with Crippen LogP contribution in [-0.2, 0) is 9.84 Å². The van der Waals surface area contributed by atoms with Crippen LogP contribution >= 0.6 is 0 Å². The number of aliphatic hydroxyl groups is 1. The van der Waals surface area contributed by atoms with Gasteiger partial charge in [0.2, 0.25) is 0 Å². The molecule has 1 heterocycles. The summed E-state index contributed by atoms with van der Waals surface area (Å²) in [6, 6.07) is 7.36. The highest BCUT2D eigenvalue weighted by Crippen LogP contribution is 2.32. The molecule has 1 aliphatic carbocycles. The third-order valence-corrected chi connectivity index (χ3v) is 6.62. The molecule has 21 heavy (non-hydrogen) atoms. The Morgan fingerprint density at radius 3 is 2.71 bits per heavy atom. The molecule has 0 radical (unpaired) electrons. The summed E-state index contributed by atoms with van der Waals surface area (Å²) in [5.41, 5.74) is 0.883. The first-order valence-corrected chi connectivity index (χ1v) is 9.46. The van der Waals surface area contributed by atoms with Crippen LogP contribution in [0.3, 0.4) is 0 Å². The summed E-state index contributed by atoms with van der Waals surface area (Å²) < 4.78 is 24.2. The van der Waals surface area contributed by atoms with Crippen molar-refractivity contribution < 1.29 is 13.5 Å². The third kappa shape index (κ3) is 3.15. The van der Waals surface area contributed by atoms with Crippen molar-refractivity contribution in [2.75, 3.05) is 12.3 Å². The molecule has 1 aliphatic heterocycles. The van der Waals surface area contributed by atoms with E-state index >= 15 is 0 Å². The molecule has 0 saturated heterocycles. The summed E-state index contributed by atoms with van der Waals surface area (Å²) in [5, 5.41) is 13.5. The van der Waals surface area contributed by atoms with E-state index in [0.717, 1.165) is 31.4 Å². The van der Waals surface area contributed by atoms with Gasteiger partial charge in [-0.1, -0.05) is 31.0 Å². The van der Waals surface area contributed by atoms with Crippen molar-refractivity contribution in [1.29, 1.82) is 0 Å². The van der Waals surface area contributed by atoms with Crippen LogP contribution in [0.2, 0.25) is 0 Å². The second-order valence-corrected chi connectivity index (χ2v) is 8.30. The molecule has 116 valence electrons. The molecule has 3 atom stereocenters. The van der Waals surface area contributed by atoms with Gasteiger partial charge in [-0.15, -0.1) is 0 Å². The van der Waals surface area contributed by atoms with Crippen LogP contribution in [0.5, 0.6) is 0 Å². The number of benzene rings is 1. The Labute approximate surface area is 126 Å². The zero-order valence-corrected chi connectivity index (χ0v) is 13.0. The predicted molar refractivity (Wildman–Crippen MR) is 81.8 cm³/mol. The van der Waals surface area contributed by atoms with Crippen LogP contribution in [0.15, 0.2) is 29.2 Å². The molecule has 0 bridgehead atoms. The van der Waals surface area contributed by atoms with E-state index in [0.29, 0.717) is 17.2 Å². The molecule has 2 N–H and O–H groups in total. The number of fused-ring (bicyclic) bond motifs is 1. The van der Waals surface area contributed by atoms with Gasteiger partial charge >= 0.3 is 0 Å². The fourth-order valence-corrected chi connectivity index (χ4v) is 5.14. The fourth-order valence-electron chi connectivity index (χ4n) is 3.52. The molecule has 1 aromatic carbocycles. The molecular formula is C16H23NO3S. The highest BCUT2D eigenvalue weighted by molar-refractivity contribution is 7.91. The maximum atomic E-state index is 12.1. The molecule has 0 amide bonds. The molecular weight excluding hydrogens is 286 g/mol. The molecule has 1 fully saturated rings. The first kappa shape index (κ1) is 15.0. The third-order valence-electron chi connectivity index (χ3n) is 4.80. The average molecular weight is 309 g/mol. The fraction of sp³-hybridized carbons (Fsp3) is 0.625. The van der Waals surface area contributed by atoms with Crippen LogP contribution in [0.25, 0.3) is 0 Å². The highest BCUT2D eigenvalue weighted by atomic mass is 32.2. The number of nitrogens with one attached hydrogen (secondary N) is 1. The van der Waals surface area contributed by atoms with Gasteiger partial charge in [0.05, 0.1) is 16.8 Å². The molecule has 0 spiro atoms. The Morgan fingerprint density at radius 1 is 1.14 bits per heavy atom. The standard InChI is InChI=1S/C16H23NO3S/c18-15-7-3-1-5-12(15)11-17-14-9-10-21(19,20)16-8-4-2-6-13(14)16/h2,4,6,8,12,14-15,17-18H,1,3,5,7,9-11H2. The van der Waals surface area contributed by atoms with Crippen LogP contribution < -0.4 is 5.32 Å². The lowest BCUT2D eigenvalue weighted by Gasteiger charge is -2.31. The summed E-state index contributed by atoms with van der Waals surface area (Å²) in [6.45, 7) is 0.764. The number of hydrogen-bond donors (Lipinski definition) is 2. The van der Waals surface area contributed by atoms with Crippen molar-refractivity contribution >= 4 is 9.84 Å². The molecule has 1 aromatic rings. The lowest BCUT2D eigenvalue weighted by Crippen LogP contribution is -2.37. The Morgan fingerprint density at radius 2 is 1.90 bits per heavy atom. The summed E-state index contributed by atoms with van der Waals surface area (Å²) >= 11 is 0. The van der Waals surface area contributed by atoms with Crippen molar-refractivity contribution in [3.05, 3.63) is 29.8 Å². The number of aliphatic hydroxyl groups excluding tert-OH is 1. The maximum Gasteiger partial charge on any atom is 0.178 e. The van der Waals surface area contributed by atoms with Gasteiger partial charge in [-0.3, -0.25) is 0 Å². The van der Waals surface area contributed by atoms with Crippen LogP contribution in [-0.4, -0.2) is 31.9 Å². The molecule has 2 aliphatic rings. The predicted octanol–water partition coefficient (Wildman–Crippen LogP) is 2.05. The van der Waals surface area contributed by atoms with Crippen LogP contribution in [0.1, 0.15) is 43.7 Å². The van der Waals surface area contributed by atoms with E-state index in [-0.39, 0.29) is 17.9 Å². The van der Waals surface area contributed by atoms with E-state index in [1.54, 1.807) is 12.1 Å². The largest absolute Gasteiger partial charge is 0.393 e. The minimum atomic E-state index is -3.12. The first-order valence-electron chi connectivity index (χ1n) is 7.81.